The van der Waals surface area contributed by atoms with Gasteiger partial charge in [0.15, 0.2) is 0 Å². The van der Waals surface area contributed by atoms with E-state index in [1.54, 1.807) is 6.08 Å². The van der Waals surface area contributed by atoms with E-state index in [4.69, 9.17) is 5.73 Å². The number of carbonyl (C=O) groups excluding carboxylic acids is 1. The van der Waals surface area contributed by atoms with E-state index in [0.29, 0.717) is 6.54 Å². The van der Waals surface area contributed by atoms with Gasteiger partial charge in [0.25, 0.3) is 0 Å². The van der Waals surface area contributed by atoms with Crippen LogP contribution in [0.15, 0.2) is 12.3 Å². The molecule has 0 aromatic rings. The Labute approximate surface area is 46.5 Å². The van der Waals surface area contributed by atoms with Crippen molar-refractivity contribution in [1.29, 1.82) is 0 Å². The van der Waals surface area contributed by atoms with Crippen LogP contribution in [0.3, 0.4) is 0 Å². The van der Waals surface area contributed by atoms with Crippen molar-refractivity contribution in [1.82, 2.24) is 5.06 Å². The van der Waals surface area contributed by atoms with Crippen LogP contribution in [0.25, 0.3) is 0 Å². The van der Waals surface area contributed by atoms with E-state index in [1.165, 1.54) is 6.26 Å². The van der Waals surface area contributed by atoms with Crippen molar-refractivity contribution in [2.75, 3.05) is 6.54 Å². The van der Waals surface area contributed by atoms with E-state index in [2.05, 4.69) is 4.84 Å². The average Bonchev–Trinajstić information content (AvgIpc) is 2.12. The molecule has 0 spiro atoms. The Kier molecular flexibility index (Phi) is 1.07. The molecule has 1 rings (SSSR count). The quantitative estimate of drug-likeness (QED) is 0.475. The molecule has 0 saturated heterocycles. The van der Waals surface area contributed by atoms with Gasteiger partial charge in [-0.05, 0) is 6.08 Å². The highest BCUT2D eigenvalue weighted by atomic mass is 16.7. The number of nitrogens with two attached hydrogens (primary N) is 1. The highest BCUT2D eigenvalue weighted by molar-refractivity contribution is 5.71. The van der Waals surface area contributed by atoms with Crippen molar-refractivity contribution in [3.63, 3.8) is 0 Å². The maximum Gasteiger partial charge on any atom is 0.348 e. The lowest BCUT2D eigenvalue weighted by Gasteiger charge is -2.08. The number of amides is 2. The van der Waals surface area contributed by atoms with E-state index < -0.39 is 6.03 Å². The molecule has 0 aliphatic carbocycles. The van der Waals surface area contributed by atoms with E-state index in [1.807, 2.05) is 0 Å². The number of hydrogen-bond acceptors (Lipinski definition) is 2. The van der Waals surface area contributed by atoms with Gasteiger partial charge in [-0.1, -0.05) is 0 Å². The van der Waals surface area contributed by atoms with Crippen LogP contribution in [0.1, 0.15) is 0 Å². The first-order valence-electron chi connectivity index (χ1n) is 2.19. The van der Waals surface area contributed by atoms with Crippen molar-refractivity contribution in [3.05, 3.63) is 12.3 Å². The third-order valence-electron chi connectivity index (χ3n) is 0.801. The first-order chi connectivity index (χ1) is 3.80. The van der Waals surface area contributed by atoms with Crippen molar-refractivity contribution >= 4 is 6.03 Å². The lowest BCUT2D eigenvalue weighted by Crippen LogP contribution is -2.31. The van der Waals surface area contributed by atoms with Crippen molar-refractivity contribution in [2.24, 2.45) is 5.73 Å². The Hall–Kier alpha value is -1.19. The zero-order valence-corrected chi connectivity index (χ0v) is 4.20. The molecule has 0 aromatic heterocycles. The standard InChI is InChI=1S/C4H6N2O2/c5-4(7)6-2-1-3-8-6/h1,3H,2H2,(H2,5,7). The van der Waals surface area contributed by atoms with Gasteiger partial charge < -0.3 is 10.6 Å². The van der Waals surface area contributed by atoms with Gasteiger partial charge in [0.05, 0.1) is 6.54 Å². The molecule has 44 valence electrons. The number of hydrogen-bond donors (Lipinski definition) is 1. The summed E-state index contributed by atoms with van der Waals surface area (Å²) in [6.07, 6.45) is 3.12. The highest BCUT2D eigenvalue weighted by Crippen LogP contribution is 1.98. The van der Waals surface area contributed by atoms with Gasteiger partial charge in [-0.3, -0.25) is 0 Å². The predicted molar refractivity (Wildman–Crippen MR) is 26.5 cm³/mol. The Morgan fingerprint density at radius 2 is 2.62 bits per heavy atom. The molecule has 4 heteroatoms. The number of carbonyl (C=O) groups is 1. The van der Waals surface area contributed by atoms with Crippen LogP contribution in [-0.4, -0.2) is 17.6 Å². The van der Waals surface area contributed by atoms with Crippen LogP contribution in [0, 0.1) is 0 Å². The molecule has 1 aliphatic heterocycles. The van der Waals surface area contributed by atoms with Crippen LogP contribution in [0.5, 0.6) is 0 Å². The molecule has 0 fully saturated rings. The normalized spacial score (nSPS) is 16.2. The largest absolute Gasteiger partial charge is 0.383 e. The average molecular weight is 114 g/mol. The van der Waals surface area contributed by atoms with Gasteiger partial charge in [-0.25, -0.2) is 4.79 Å². The third-order valence-corrected chi connectivity index (χ3v) is 0.801. The third kappa shape index (κ3) is 0.726. The van der Waals surface area contributed by atoms with Gasteiger partial charge in [0, 0.05) is 0 Å². The Morgan fingerprint density at radius 1 is 1.88 bits per heavy atom. The SMILES string of the molecule is NC(=O)N1CC=CO1. The highest BCUT2D eigenvalue weighted by Gasteiger charge is 2.10. The second-order valence-electron chi connectivity index (χ2n) is 1.38. The van der Waals surface area contributed by atoms with Crippen molar-refractivity contribution in [2.45, 2.75) is 0 Å². The van der Waals surface area contributed by atoms with Gasteiger partial charge in [0.1, 0.15) is 6.26 Å². The summed E-state index contributed by atoms with van der Waals surface area (Å²) in [5, 5.41) is 1.06. The molecule has 0 aromatic carbocycles. The van der Waals surface area contributed by atoms with Crippen LogP contribution in [-0.2, 0) is 4.84 Å². The Bertz CT molecular complexity index is 124. The maximum atomic E-state index is 10.2. The zero-order chi connectivity index (χ0) is 5.98. The topological polar surface area (TPSA) is 55.6 Å². The van der Waals surface area contributed by atoms with Crippen LogP contribution >= 0.6 is 0 Å². The summed E-state index contributed by atoms with van der Waals surface area (Å²) < 4.78 is 0. The smallest absolute Gasteiger partial charge is 0.348 e. The lowest BCUT2D eigenvalue weighted by molar-refractivity contribution is -0.0259. The fourth-order valence-corrected chi connectivity index (χ4v) is 0.440. The number of primary amides is 1. The fourth-order valence-electron chi connectivity index (χ4n) is 0.440. The fraction of sp³-hybridized carbons (Fsp3) is 0.250. The first-order valence-corrected chi connectivity index (χ1v) is 2.19. The minimum Gasteiger partial charge on any atom is -0.383 e. The lowest BCUT2D eigenvalue weighted by atomic mass is 10.6. The first kappa shape index (κ1) is 4.96. The van der Waals surface area contributed by atoms with Gasteiger partial charge in [0.2, 0.25) is 0 Å². The molecule has 0 atom stereocenters. The summed E-state index contributed by atoms with van der Waals surface area (Å²) in [6.45, 7) is 0.454. The predicted octanol–water partition coefficient (Wildman–Crippen LogP) is -0.174. The number of hydroxylamine groups is 2. The van der Waals surface area contributed by atoms with Crippen LogP contribution in [0.4, 0.5) is 4.79 Å². The molecular formula is C4H6N2O2. The molecular weight excluding hydrogens is 108 g/mol. The molecule has 0 radical (unpaired) electrons. The number of nitrogens with zero attached hydrogens (tertiary/aromatic N) is 1. The van der Waals surface area contributed by atoms with Gasteiger partial charge in [-0.15, -0.1) is 0 Å². The molecule has 0 unspecified atom stereocenters. The Balaban J connectivity index is 2.41. The number of rotatable bonds is 0. The monoisotopic (exact) mass is 114 g/mol. The van der Waals surface area contributed by atoms with E-state index in [0.717, 1.165) is 5.06 Å². The Morgan fingerprint density at radius 3 is 2.88 bits per heavy atom. The molecule has 8 heavy (non-hydrogen) atoms. The molecule has 4 nitrogen and oxygen atoms in total. The molecule has 2 N–H and O–H groups in total. The summed E-state index contributed by atoms with van der Waals surface area (Å²) in [5.41, 5.74) is 4.82. The van der Waals surface area contributed by atoms with Crippen molar-refractivity contribution in [3.8, 4) is 0 Å². The van der Waals surface area contributed by atoms with Crippen molar-refractivity contribution < 1.29 is 9.63 Å². The molecule has 1 aliphatic rings. The zero-order valence-electron chi connectivity index (χ0n) is 4.20. The second kappa shape index (κ2) is 1.73. The minimum absolute atomic E-state index is 0.454. The molecule has 0 saturated carbocycles. The summed E-state index contributed by atoms with van der Waals surface area (Å²) in [7, 11) is 0. The van der Waals surface area contributed by atoms with E-state index >= 15 is 0 Å². The number of urea groups is 1. The van der Waals surface area contributed by atoms with Crippen LogP contribution in [0.2, 0.25) is 0 Å². The van der Waals surface area contributed by atoms with E-state index in [9.17, 15) is 4.79 Å². The summed E-state index contributed by atoms with van der Waals surface area (Å²) in [4.78, 5) is 14.8. The van der Waals surface area contributed by atoms with Crippen LogP contribution < -0.4 is 5.73 Å². The van der Waals surface area contributed by atoms with Gasteiger partial charge >= 0.3 is 6.03 Å². The summed E-state index contributed by atoms with van der Waals surface area (Å²) in [5.74, 6) is 0. The second-order valence-corrected chi connectivity index (χ2v) is 1.38. The van der Waals surface area contributed by atoms with E-state index in [-0.39, 0.29) is 0 Å². The molecule has 1 heterocycles. The minimum atomic E-state index is -0.560. The summed E-state index contributed by atoms with van der Waals surface area (Å²) >= 11 is 0. The molecule has 2 amide bonds. The molecule has 0 bridgehead atoms. The van der Waals surface area contributed by atoms with Gasteiger partial charge in [-0.2, -0.15) is 5.06 Å². The maximum absolute atomic E-state index is 10.2. The summed E-state index contributed by atoms with van der Waals surface area (Å²) in [6, 6.07) is -0.560.